The van der Waals surface area contributed by atoms with Gasteiger partial charge in [-0.15, -0.1) is 0 Å². The van der Waals surface area contributed by atoms with Gasteiger partial charge in [0.2, 0.25) is 0 Å². The fourth-order valence-corrected chi connectivity index (χ4v) is 28.5. The Morgan fingerprint density at radius 3 is 1.44 bits per heavy atom. The summed E-state index contributed by atoms with van der Waals surface area (Å²) in [4.78, 5) is 64.4. The Morgan fingerprint density at radius 2 is 1.03 bits per heavy atom. The minimum atomic E-state index is -1.29. The molecule has 2 unspecified atom stereocenters. The van der Waals surface area contributed by atoms with E-state index in [1.807, 2.05) is 0 Å². The van der Waals surface area contributed by atoms with Crippen LogP contribution in [0.25, 0.3) is 0 Å². The fourth-order valence-electron chi connectivity index (χ4n) is 28.4. The molecule has 5 heterocycles. The zero-order chi connectivity index (χ0) is 76.5. The van der Waals surface area contributed by atoms with Crippen LogP contribution < -0.4 is 4.84 Å². The first kappa shape index (κ1) is 85.9. The van der Waals surface area contributed by atoms with Crippen LogP contribution in [-0.2, 0) is 66.5 Å². The number of halogens is 1. The van der Waals surface area contributed by atoms with Gasteiger partial charge in [0.15, 0.2) is 36.9 Å². The molecule has 5 aliphatic heterocycles. The number of carbonyl (C=O) groups is 4. The minimum absolute atomic E-state index is 0. The first-order valence-electron chi connectivity index (χ1n) is 41.3. The molecule has 20 nitrogen and oxygen atoms in total. The van der Waals surface area contributed by atoms with Crippen LogP contribution in [-0.4, -0.2) is 212 Å². The molecular formula is C86H147ClN4O16. The molecule has 0 radical (unpaired) electrons. The number of hydrogen-bond donors (Lipinski definition) is 3. The van der Waals surface area contributed by atoms with Crippen LogP contribution in [0.4, 0.5) is 0 Å². The number of esters is 2. The fraction of sp³-hybridized carbons (Fsp3) is 0.953. The number of Topliss-reactive ketones (excluding diaryl/α,β-unsaturated/α-hetero) is 2. The number of likely N-dealkylation sites (tertiary alicyclic amines) is 2. The molecule has 0 aromatic heterocycles. The highest BCUT2D eigenvalue weighted by Crippen LogP contribution is 2.91. The van der Waals surface area contributed by atoms with Crippen molar-refractivity contribution in [2.24, 2.45) is 101 Å². The Bertz CT molecular complexity index is 3200. The van der Waals surface area contributed by atoms with Crippen molar-refractivity contribution < 1.29 is 76.8 Å². The number of hydrogen-bond acceptors (Lipinski definition) is 20. The highest BCUT2D eigenvalue weighted by atomic mass is 35.5. The minimum Gasteiger partial charge on any atom is -0.457 e. The van der Waals surface area contributed by atoms with Crippen molar-refractivity contribution in [1.29, 1.82) is 0 Å². The van der Waals surface area contributed by atoms with Crippen molar-refractivity contribution >= 4 is 35.3 Å². The van der Waals surface area contributed by atoms with E-state index >= 15 is 4.79 Å². The number of rotatable bonds is 18. The predicted molar refractivity (Wildman–Crippen MR) is 412 cm³/mol. The van der Waals surface area contributed by atoms with Gasteiger partial charge in [0, 0.05) is 114 Å². The van der Waals surface area contributed by atoms with Crippen molar-refractivity contribution in [3.63, 3.8) is 0 Å². The van der Waals surface area contributed by atoms with Gasteiger partial charge >= 0.3 is 11.9 Å². The van der Waals surface area contributed by atoms with E-state index in [0.29, 0.717) is 60.7 Å². The van der Waals surface area contributed by atoms with Crippen LogP contribution in [0.1, 0.15) is 256 Å². The summed E-state index contributed by atoms with van der Waals surface area (Å²) in [5.41, 5.74) is -3.00. The maximum atomic E-state index is 15.1. The maximum absolute atomic E-state index is 15.1. The van der Waals surface area contributed by atoms with Crippen LogP contribution in [0, 0.1) is 101 Å². The third-order valence-corrected chi connectivity index (χ3v) is 34.1. The van der Waals surface area contributed by atoms with Crippen LogP contribution in [0.15, 0.2) is 0 Å². The number of methoxy groups -OCH3 is 2. The van der Waals surface area contributed by atoms with Gasteiger partial charge in [-0.3, -0.25) is 33.9 Å². The molecule has 10 aliphatic carbocycles. The van der Waals surface area contributed by atoms with Crippen molar-refractivity contribution in [3.8, 4) is 0 Å². The molecule has 0 bridgehead atoms. The molecule has 26 atom stereocenters. The van der Waals surface area contributed by atoms with Crippen molar-refractivity contribution in [2.75, 3.05) is 66.9 Å². The molecule has 107 heavy (non-hydrogen) atoms. The molecule has 0 aromatic rings. The number of ether oxygens (including phenoxy) is 10. The SMILES string of the molecule is C.C.CC(=O)O[C@@H]([C@H]1C[C@@H](C)[C@H]2[C@H](O1)C(=O)[C@@]1(C)[C@@H]3CC[C@H]4C(C)(C)[C@@H](O[C@H]5CN(C6CN(C(C)C)C6)CCO5)CCC45C[C@@]35CC[C@]21C)C(C)(C)O.CC(C)N1CC(NCl)C1.COCO[C@H](OC)O[C@H]1CCC23C[C@]24CC[C@]2(C)[C@H]5[C@H](C)C[C@H]([C@H](OC(C)=O)C(C)(C)O)O[C@@H]5C(=O)[C@@]2(C)[C@@H]4CC[C@H]3C1(C)C. The highest BCUT2D eigenvalue weighted by molar-refractivity contribution is 6.13. The van der Waals surface area contributed by atoms with Crippen molar-refractivity contribution in [1.82, 2.24) is 19.5 Å². The summed E-state index contributed by atoms with van der Waals surface area (Å²) >= 11 is 5.40. The number of fused-ring (bicyclic) bond motifs is 8. The number of morpholine rings is 1. The van der Waals surface area contributed by atoms with Gasteiger partial charge in [-0.25, -0.2) is 4.84 Å². The number of nitrogens with one attached hydrogen (secondary N) is 1. The van der Waals surface area contributed by atoms with Crippen LogP contribution in [0.5, 0.6) is 0 Å². The maximum Gasteiger partial charge on any atom is 0.303 e. The lowest BCUT2D eigenvalue weighted by Gasteiger charge is -2.62. The van der Waals surface area contributed by atoms with Gasteiger partial charge in [0.25, 0.3) is 6.48 Å². The van der Waals surface area contributed by atoms with E-state index in [-0.39, 0.29) is 119 Å². The summed E-state index contributed by atoms with van der Waals surface area (Å²) in [6.45, 7) is 48.4. The van der Waals surface area contributed by atoms with Crippen molar-refractivity contribution in [2.45, 2.75) is 353 Å². The third-order valence-electron chi connectivity index (χ3n) is 33.8. The van der Waals surface area contributed by atoms with Gasteiger partial charge in [0.05, 0.1) is 42.2 Å². The molecule has 0 aromatic carbocycles. The molecule has 10 saturated carbocycles. The van der Waals surface area contributed by atoms with E-state index in [4.69, 9.17) is 59.1 Å². The summed E-state index contributed by atoms with van der Waals surface area (Å²) in [6.07, 6.45) is 13.1. The smallest absolute Gasteiger partial charge is 0.303 e. The number of nitrogens with zero attached hydrogens (tertiary/aromatic N) is 3. The lowest BCUT2D eigenvalue weighted by Crippen LogP contribution is -2.64. The molecular weight excluding hydrogens is 1380 g/mol. The van der Waals surface area contributed by atoms with E-state index in [9.17, 15) is 24.6 Å². The van der Waals surface area contributed by atoms with E-state index in [2.05, 4.69) is 116 Å². The summed E-state index contributed by atoms with van der Waals surface area (Å²) < 4.78 is 60.8. The van der Waals surface area contributed by atoms with E-state index in [1.54, 1.807) is 41.9 Å². The van der Waals surface area contributed by atoms with E-state index in [0.717, 1.165) is 110 Å². The first-order chi connectivity index (χ1) is 49.0. The van der Waals surface area contributed by atoms with E-state index in [1.165, 1.54) is 39.5 Å². The molecule has 5 saturated heterocycles. The monoisotopic (exact) mass is 1530 g/mol. The normalized spacial score (nSPS) is 45.3. The van der Waals surface area contributed by atoms with Gasteiger partial charge in [0.1, 0.15) is 12.2 Å². The molecule has 3 N–H and O–H groups in total. The van der Waals surface area contributed by atoms with Gasteiger partial charge in [-0.1, -0.05) is 84.1 Å². The third kappa shape index (κ3) is 13.4. The molecule has 614 valence electrons. The number of ketones is 2. The second-order valence-corrected chi connectivity index (χ2v) is 41.0. The quantitative estimate of drug-likeness (QED) is 0.0659. The lowest BCUT2D eigenvalue weighted by molar-refractivity contribution is -0.335. The summed E-state index contributed by atoms with van der Waals surface area (Å²) in [7, 11) is 3.19. The van der Waals surface area contributed by atoms with Crippen LogP contribution in [0.3, 0.4) is 0 Å². The average Bonchev–Trinajstić information content (AvgIpc) is 1.47. The molecule has 15 fully saturated rings. The summed E-state index contributed by atoms with van der Waals surface area (Å²) in [6, 6.07) is 2.42. The van der Waals surface area contributed by atoms with E-state index < -0.39 is 77.1 Å². The second-order valence-electron chi connectivity index (χ2n) is 40.8. The lowest BCUT2D eigenvalue weighted by atomic mass is 9.41. The topological polar surface area (TPSA) is 223 Å². The first-order valence-corrected chi connectivity index (χ1v) is 41.7. The predicted octanol–water partition coefficient (Wildman–Crippen LogP) is 13.6. The summed E-state index contributed by atoms with van der Waals surface area (Å²) in [5, 5.41) is 22.0. The molecule has 21 heteroatoms. The Labute approximate surface area is 649 Å². The Morgan fingerprint density at radius 1 is 0.607 bits per heavy atom. The second kappa shape index (κ2) is 29.9. The highest BCUT2D eigenvalue weighted by Gasteiger charge is 2.87. The molecule has 15 rings (SSSR count). The Balaban J connectivity index is 0.000000189. The zero-order valence-electron chi connectivity index (χ0n) is 68.5. The summed E-state index contributed by atoms with van der Waals surface area (Å²) in [5.74, 6) is 2.01. The molecule has 4 spiro atoms. The average molecular weight is 1530 g/mol. The van der Waals surface area contributed by atoms with Gasteiger partial charge in [-0.2, -0.15) is 0 Å². The number of carbonyl (C=O) groups excluding carboxylic acids is 4. The van der Waals surface area contributed by atoms with Gasteiger partial charge < -0.3 is 57.6 Å². The largest absolute Gasteiger partial charge is 0.457 e. The van der Waals surface area contributed by atoms with Crippen molar-refractivity contribution in [3.05, 3.63) is 0 Å². The van der Waals surface area contributed by atoms with Crippen LogP contribution >= 0.6 is 11.8 Å². The van der Waals surface area contributed by atoms with Crippen LogP contribution in [0.2, 0.25) is 0 Å². The Kier molecular flexibility index (Phi) is 24.0. The zero-order valence-corrected chi connectivity index (χ0v) is 69.3. The van der Waals surface area contributed by atoms with Gasteiger partial charge in [-0.05, 0) is 249 Å². The molecule has 0 amide bonds. The number of aliphatic hydroxyl groups is 2. The standard InChI is InChI=1S/C42H68N2O7.C36H58O9.C6H13ClN2.2CH4/c1-24(2)44-20-27(21-44)43-17-18-48-32(22-43)51-31-13-14-41-23-42(41)16-15-39(9)33-25(3)19-28(36(38(7,8)47)49-26(4)45)50-34(33)35(46)40(39,10)30(42)12-11-29(41)37(31,5)6;1-20-17-22(29(32(5,6)39)43-21(2)37)44-27-26(20)33(7)15-16-36-18-35(36)14-13-25(45-30(41-10)42-19-40-9)31(3,4)23(35)11-12-24(36)34(33,8)28(27)38;1-5(2)9-3-6(4-9)8-7;;/h24-25,27-34,36,47H,11-23H2,1-10H3;20,22-27,29-30,39H,11-19H2,1-10H3;5-6,8H,3-4H2,1-2H3;2*1H4/t25-,28-,29+,30+,31+,32+,33+,34+,36+,39-,40-,41?,42+;20-,22-,23+,24+,25+,26+,27+,29+,30+,33-,34-,35?,36+;;;/m11.../s1. The Hall–Kier alpha value is -1.99. The molecule has 15 aliphatic rings.